The molecule has 8 N–H and O–H groups in total. The predicted molar refractivity (Wildman–Crippen MR) is 413 cm³/mol. The van der Waals surface area contributed by atoms with Crippen molar-refractivity contribution in [1.82, 2.24) is 16.0 Å². The number of carbonyl (C=O) groups excluding carboxylic acids is 4. The number of non-ortho nitro benzene ring substituents is 3. The Morgan fingerprint density at radius 1 is 0.448 bits per heavy atom. The van der Waals surface area contributed by atoms with Crippen LogP contribution < -0.4 is 21.7 Å². The van der Waals surface area contributed by atoms with E-state index in [0.29, 0.717) is 73.6 Å². The van der Waals surface area contributed by atoms with Gasteiger partial charge in [-0.15, -0.1) is 24.7 Å². The Morgan fingerprint density at radius 2 is 0.752 bits per heavy atom. The lowest BCUT2D eigenvalue weighted by atomic mass is 9.98. The van der Waals surface area contributed by atoms with Crippen LogP contribution in [0, 0.1) is 82.3 Å². The number of hydrogen-bond donors (Lipinski definition) is 7. The minimum atomic E-state index is -0.917. The van der Waals surface area contributed by atoms with Crippen molar-refractivity contribution < 1.29 is 63.5 Å². The van der Waals surface area contributed by atoms with Crippen molar-refractivity contribution in [3.05, 3.63) is 261 Å². The highest BCUT2D eigenvalue weighted by Crippen LogP contribution is 2.24. The first-order valence-electron chi connectivity index (χ1n) is 33.4. The number of aliphatic hydroxyl groups is 3. The standard InChI is InChI=1S/C23H26N2O5.C18H18N2O3.C17H23NO3.C17H21NO3.C6H4INO2/c1-23(2,3)30-22(27)24-20(21(26)18-10-5-4-6-11-18)12-8-7-9-17-13-15-19(16-14-17)25(28)29;19-17(18(21)15-7-2-1-3-8-15)9-5-4-6-14-10-12-16(13-11-14)20(22)23;2*1-5-6-12-14(18-16(20)21-17(2,3)4)15(19)13-10-8-7-9-11-13;7-5-1-3-6(4-2-5)8(9)10/h4-6,10-11,13-16,20-21,26H,8,12H2,1-3H3,(H,24,27);1-3,7-8,10-13,17-18,21H,5,9,19H2;1,7-11,14-15,19H,6,12H2,2-4H3,(H,18,20);1,7-11,14H,6,12H2,2-4H3,(H,18,20);1-4H/t20-,21-;17-,18-;14-,15-;;/m111../s1. The van der Waals surface area contributed by atoms with Crippen molar-refractivity contribution in [2.45, 2.75) is 173 Å². The highest BCUT2D eigenvalue weighted by atomic mass is 127. The number of aliphatic hydroxyl groups excluding tert-OH is 3. The summed E-state index contributed by atoms with van der Waals surface area (Å²) in [5.74, 6) is 16.7. The van der Waals surface area contributed by atoms with Crippen LogP contribution in [0.25, 0.3) is 0 Å². The number of alkyl carbamates (subject to hydrolysis) is 3. The lowest BCUT2D eigenvalue weighted by Gasteiger charge is -2.26. The molecule has 105 heavy (non-hydrogen) atoms. The van der Waals surface area contributed by atoms with E-state index < -0.39 is 86.3 Å². The molecular weight excluding hydrogens is 1450 g/mol. The highest BCUT2D eigenvalue weighted by Gasteiger charge is 2.28. The summed E-state index contributed by atoms with van der Waals surface area (Å²) in [6, 6.07) is 52.6. The van der Waals surface area contributed by atoms with Crippen molar-refractivity contribution >= 4 is 63.7 Å². The van der Waals surface area contributed by atoms with E-state index in [1.807, 2.05) is 84.9 Å². The van der Waals surface area contributed by atoms with Gasteiger partial charge in [0.1, 0.15) is 16.8 Å². The number of carbonyl (C=O) groups is 4. The van der Waals surface area contributed by atoms with Gasteiger partial charge in [-0.3, -0.25) is 35.1 Å². The lowest BCUT2D eigenvalue weighted by Crippen LogP contribution is -2.43. The van der Waals surface area contributed by atoms with Gasteiger partial charge < -0.3 is 51.2 Å². The molecule has 0 spiro atoms. The molecule has 0 aliphatic rings. The van der Waals surface area contributed by atoms with Gasteiger partial charge in [-0.05, 0) is 164 Å². The number of benzene rings is 7. The van der Waals surface area contributed by atoms with Gasteiger partial charge >= 0.3 is 18.3 Å². The number of nitrogens with zero attached hydrogens (tertiary/aromatic N) is 3. The normalized spacial score (nSPS) is 12.5. The van der Waals surface area contributed by atoms with E-state index >= 15 is 0 Å². The van der Waals surface area contributed by atoms with E-state index in [4.69, 9.17) is 32.8 Å². The number of amides is 3. The fourth-order valence-corrected chi connectivity index (χ4v) is 9.40. The quantitative estimate of drug-likeness (QED) is 0.00828. The van der Waals surface area contributed by atoms with Gasteiger partial charge in [0, 0.05) is 88.4 Å². The number of nitro benzene ring substituents is 3. The first-order chi connectivity index (χ1) is 49.6. The molecule has 23 nitrogen and oxygen atoms in total. The molecule has 3 amide bonds. The molecule has 1 unspecified atom stereocenters. The van der Waals surface area contributed by atoms with Crippen LogP contribution in [0.4, 0.5) is 31.4 Å². The number of ether oxygens (including phenoxy) is 3. The summed E-state index contributed by atoms with van der Waals surface area (Å²) in [6.07, 6.45) is 9.92. The molecule has 24 heteroatoms. The molecule has 0 heterocycles. The van der Waals surface area contributed by atoms with Crippen LogP contribution in [0.2, 0.25) is 0 Å². The number of nitro groups is 3. The van der Waals surface area contributed by atoms with Gasteiger partial charge in [0.15, 0.2) is 5.78 Å². The highest BCUT2D eigenvalue weighted by molar-refractivity contribution is 14.1. The molecule has 0 radical (unpaired) electrons. The SMILES string of the molecule is C#CCCC(NC(=O)OC(C)(C)C)C(=O)c1ccccc1.C#CCC[C@@H](NC(=O)OC(C)(C)C)[C@H](O)c1ccccc1.CC(C)(C)OC(=O)N[C@H](CCC#Cc1ccc([N+](=O)[O-])cc1)[C@H](O)c1ccccc1.N[C@H](CCC#Cc1ccc([N+](=O)[O-])cc1)[C@H](O)c1ccccc1.O=[N+]([O-])c1ccc(I)cc1. The Labute approximate surface area is 628 Å². The number of terminal acetylenes is 2. The number of nitrogens with one attached hydrogen (secondary N) is 3. The Morgan fingerprint density at radius 3 is 1.10 bits per heavy atom. The minimum absolute atomic E-state index is 0.00755. The molecule has 7 aromatic rings. The Balaban J connectivity index is 0.000000351. The van der Waals surface area contributed by atoms with E-state index in [1.54, 1.807) is 135 Å². The van der Waals surface area contributed by atoms with Crippen LogP contribution >= 0.6 is 22.6 Å². The predicted octanol–water partition coefficient (Wildman–Crippen LogP) is 15.5. The van der Waals surface area contributed by atoms with Gasteiger partial charge in [-0.1, -0.05) is 145 Å². The fourth-order valence-electron chi connectivity index (χ4n) is 9.04. The van der Waals surface area contributed by atoms with Gasteiger partial charge in [-0.2, -0.15) is 0 Å². The maximum Gasteiger partial charge on any atom is 0.408 e. The summed E-state index contributed by atoms with van der Waals surface area (Å²) in [5, 5.41) is 70.7. The molecule has 554 valence electrons. The number of Topliss-reactive ketones (excluding diaryl/α,β-unsaturated/α-hetero) is 1. The second-order valence-corrected chi connectivity index (χ2v) is 27.4. The summed E-state index contributed by atoms with van der Waals surface area (Å²) >= 11 is 2.10. The number of ketones is 1. The van der Waals surface area contributed by atoms with Crippen molar-refractivity contribution in [3.8, 4) is 48.4 Å². The van der Waals surface area contributed by atoms with Crippen molar-refractivity contribution in [1.29, 1.82) is 0 Å². The van der Waals surface area contributed by atoms with E-state index in [2.05, 4.69) is 74.1 Å². The fraction of sp³-hybridized carbons (Fsp3) is 0.333. The van der Waals surface area contributed by atoms with E-state index in [9.17, 15) is 64.8 Å². The van der Waals surface area contributed by atoms with E-state index in [1.165, 1.54) is 36.4 Å². The minimum Gasteiger partial charge on any atom is -0.444 e. The van der Waals surface area contributed by atoms with Crippen molar-refractivity contribution in [2.75, 3.05) is 0 Å². The topological polar surface area (TPSA) is 348 Å². The maximum absolute atomic E-state index is 12.4. The van der Waals surface area contributed by atoms with E-state index in [0.717, 1.165) is 14.7 Å². The Hall–Kier alpha value is -11.0. The molecule has 7 atom stereocenters. The molecule has 0 aliphatic heterocycles. The molecule has 0 saturated carbocycles. The van der Waals surface area contributed by atoms with Gasteiger partial charge in [0.2, 0.25) is 0 Å². The van der Waals surface area contributed by atoms with Crippen LogP contribution in [0.5, 0.6) is 0 Å². The molecular formula is C81H92IN7O16. The van der Waals surface area contributed by atoms with Crippen LogP contribution in [-0.4, -0.2) is 95.1 Å². The number of hydrogen-bond acceptors (Lipinski definition) is 17. The molecule has 7 rings (SSSR count). The monoisotopic (exact) mass is 1550 g/mol. The van der Waals surface area contributed by atoms with E-state index in [-0.39, 0.29) is 28.9 Å². The molecule has 0 aliphatic carbocycles. The number of rotatable bonds is 22. The summed E-state index contributed by atoms with van der Waals surface area (Å²) in [6.45, 7) is 16.0. The second-order valence-electron chi connectivity index (χ2n) is 26.2. The first-order valence-corrected chi connectivity index (χ1v) is 34.4. The maximum atomic E-state index is 12.4. The van der Waals surface area contributed by atoms with Crippen LogP contribution in [0.3, 0.4) is 0 Å². The van der Waals surface area contributed by atoms with Crippen LogP contribution in [-0.2, 0) is 14.2 Å². The smallest absolute Gasteiger partial charge is 0.408 e. The van der Waals surface area contributed by atoms with Gasteiger partial charge in [-0.25, -0.2) is 14.4 Å². The van der Waals surface area contributed by atoms with Crippen LogP contribution in [0.15, 0.2) is 194 Å². The zero-order valence-corrected chi connectivity index (χ0v) is 62.4. The summed E-state index contributed by atoms with van der Waals surface area (Å²) in [4.78, 5) is 78.4. The third-order valence-corrected chi connectivity index (χ3v) is 14.8. The average Bonchev–Trinajstić information content (AvgIpc) is 0.870. The van der Waals surface area contributed by atoms with Crippen molar-refractivity contribution in [2.24, 2.45) is 5.73 Å². The molecule has 0 bridgehead atoms. The molecule has 7 aromatic carbocycles. The third kappa shape index (κ3) is 37.2. The first kappa shape index (κ1) is 88.2. The third-order valence-electron chi connectivity index (χ3n) is 14.1. The van der Waals surface area contributed by atoms with Crippen LogP contribution in [0.1, 0.15) is 170 Å². The van der Waals surface area contributed by atoms with Gasteiger partial charge in [0.25, 0.3) is 17.1 Å². The number of halogens is 1. The zero-order chi connectivity index (χ0) is 78.1. The summed E-state index contributed by atoms with van der Waals surface area (Å²) < 4.78 is 16.7. The summed E-state index contributed by atoms with van der Waals surface area (Å²) in [7, 11) is 0. The Bertz CT molecular complexity index is 4060. The average molecular weight is 1550 g/mol. The largest absolute Gasteiger partial charge is 0.444 e. The molecule has 0 fully saturated rings. The second kappa shape index (κ2) is 45.9. The lowest BCUT2D eigenvalue weighted by molar-refractivity contribution is -0.385. The van der Waals surface area contributed by atoms with Gasteiger partial charge in [0.05, 0.1) is 51.2 Å². The Kier molecular flexibility index (Phi) is 38.6. The molecule has 0 saturated heterocycles. The zero-order valence-electron chi connectivity index (χ0n) is 60.3. The molecule has 0 aromatic heterocycles. The number of nitrogens with two attached hydrogens (primary N) is 1. The summed E-state index contributed by atoms with van der Waals surface area (Å²) in [5.41, 5.74) is 8.45. The van der Waals surface area contributed by atoms with Crippen molar-refractivity contribution in [3.63, 3.8) is 0 Å².